The molecule has 148 valence electrons. The number of rotatable bonds is 5. The number of aliphatic hydroxyl groups is 1. The van der Waals surface area contributed by atoms with Gasteiger partial charge in [-0.05, 0) is 32.0 Å². The average Bonchev–Trinajstić information content (AvgIpc) is 3.18. The van der Waals surface area contributed by atoms with Crippen molar-refractivity contribution in [3.63, 3.8) is 0 Å². The van der Waals surface area contributed by atoms with Gasteiger partial charge in [0.05, 0.1) is 22.0 Å². The van der Waals surface area contributed by atoms with Crippen LogP contribution in [0, 0.1) is 18.3 Å². The van der Waals surface area contributed by atoms with Crippen LogP contribution in [-0.2, 0) is 0 Å². The lowest BCUT2D eigenvalue weighted by Gasteiger charge is -2.12. The van der Waals surface area contributed by atoms with Crippen LogP contribution in [0.3, 0.4) is 0 Å². The summed E-state index contributed by atoms with van der Waals surface area (Å²) in [6.07, 6.45) is 0. The van der Waals surface area contributed by atoms with E-state index < -0.39 is 5.25 Å². The SMILES string of the molecule is Cc1cc(-c2ccccc2)nc(S[C@@H](C)/C(O)=C(\C#N)c2nc3ccccc3[nH]2)n1. The normalized spacial score (nSPS) is 13.0. The number of benzene rings is 2. The smallest absolute Gasteiger partial charge is 0.189 e. The molecular formula is C23H19N5OS. The number of hydrogen-bond acceptors (Lipinski definition) is 6. The van der Waals surface area contributed by atoms with Gasteiger partial charge in [-0.3, -0.25) is 0 Å². The molecular weight excluding hydrogens is 394 g/mol. The Bertz CT molecular complexity index is 1240. The monoisotopic (exact) mass is 413 g/mol. The Hall–Kier alpha value is -3.63. The first-order valence-corrected chi connectivity index (χ1v) is 10.3. The zero-order chi connectivity index (χ0) is 21.1. The lowest BCUT2D eigenvalue weighted by atomic mass is 10.1. The molecule has 0 unspecified atom stereocenters. The number of aliphatic hydroxyl groups excluding tert-OH is 1. The predicted octanol–water partition coefficient (Wildman–Crippen LogP) is 5.30. The van der Waals surface area contributed by atoms with Gasteiger partial charge in [-0.25, -0.2) is 15.0 Å². The molecule has 7 heteroatoms. The Labute approximate surface area is 178 Å². The molecule has 0 bridgehead atoms. The van der Waals surface area contributed by atoms with Crippen LogP contribution >= 0.6 is 11.8 Å². The molecule has 0 saturated heterocycles. The molecule has 4 aromatic rings. The summed E-state index contributed by atoms with van der Waals surface area (Å²) in [5, 5.41) is 20.6. The van der Waals surface area contributed by atoms with Crippen LogP contribution in [0.25, 0.3) is 27.9 Å². The Morgan fingerprint density at radius 3 is 2.53 bits per heavy atom. The molecule has 0 radical (unpaired) electrons. The van der Waals surface area contributed by atoms with Crippen LogP contribution in [0.5, 0.6) is 0 Å². The average molecular weight is 414 g/mol. The molecule has 0 fully saturated rings. The minimum Gasteiger partial charge on any atom is -0.510 e. The van der Waals surface area contributed by atoms with Gasteiger partial charge in [-0.1, -0.05) is 54.2 Å². The number of nitrogens with zero attached hydrogens (tertiary/aromatic N) is 4. The Morgan fingerprint density at radius 2 is 1.80 bits per heavy atom. The van der Waals surface area contributed by atoms with Gasteiger partial charge in [0.1, 0.15) is 17.4 Å². The summed E-state index contributed by atoms with van der Waals surface area (Å²) in [7, 11) is 0. The number of aromatic amines is 1. The first-order valence-electron chi connectivity index (χ1n) is 9.41. The number of hydrogen-bond donors (Lipinski definition) is 2. The first-order chi connectivity index (χ1) is 14.5. The highest BCUT2D eigenvalue weighted by Gasteiger charge is 2.20. The van der Waals surface area contributed by atoms with E-state index in [1.807, 2.05) is 74.5 Å². The lowest BCUT2D eigenvalue weighted by Crippen LogP contribution is -2.06. The third-order valence-electron chi connectivity index (χ3n) is 4.56. The van der Waals surface area contributed by atoms with E-state index in [1.165, 1.54) is 11.8 Å². The van der Waals surface area contributed by atoms with Crippen LogP contribution in [-0.4, -0.2) is 30.3 Å². The molecule has 0 saturated carbocycles. The number of aryl methyl sites for hydroxylation is 1. The van der Waals surface area contributed by atoms with Crippen molar-refractivity contribution in [3.05, 3.63) is 77.9 Å². The molecule has 6 nitrogen and oxygen atoms in total. The summed E-state index contributed by atoms with van der Waals surface area (Å²) in [5.74, 6) is 0.284. The van der Waals surface area contributed by atoms with Crippen LogP contribution in [0.4, 0.5) is 0 Å². The van der Waals surface area contributed by atoms with E-state index in [4.69, 9.17) is 0 Å². The highest BCUT2D eigenvalue weighted by Crippen LogP contribution is 2.30. The van der Waals surface area contributed by atoms with Gasteiger partial charge in [-0.2, -0.15) is 5.26 Å². The van der Waals surface area contributed by atoms with Gasteiger partial charge in [0.15, 0.2) is 11.0 Å². The molecule has 0 aliphatic heterocycles. The summed E-state index contributed by atoms with van der Waals surface area (Å²) in [6, 6.07) is 21.4. The van der Waals surface area contributed by atoms with E-state index in [1.54, 1.807) is 0 Å². The van der Waals surface area contributed by atoms with E-state index in [-0.39, 0.29) is 11.3 Å². The van der Waals surface area contributed by atoms with Gasteiger partial charge in [0, 0.05) is 11.3 Å². The fourth-order valence-corrected chi connectivity index (χ4v) is 3.96. The molecule has 2 N–H and O–H groups in total. The lowest BCUT2D eigenvalue weighted by molar-refractivity contribution is 0.401. The molecule has 0 spiro atoms. The highest BCUT2D eigenvalue weighted by molar-refractivity contribution is 7.99. The highest BCUT2D eigenvalue weighted by atomic mass is 32.2. The largest absolute Gasteiger partial charge is 0.510 e. The van der Waals surface area contributed by atoms with Gasteiger partial charge < -0.3 is 10.1 Å². The molecule has 2 heterocycles. The second kappa shape index (κ2) is 8.39. The number of thioether (sulfide) groups is 1. The molecule has 0 amide bonds. The maximum atomic E-state index is 10.8. The van der Waals surface area contributed by atoms with Crippen molar-refractivity contribution in [2.75, 3.05) is 0 Å². The third-order valence-corrected chi connectivity index (χ3v) is 5.53. The summed E-state index contributed by atoms with van der Waals surface area (Å²) in [5.41, 5.74) is 4.31. The number of H-pyrrole nitrogens is 1. The summed E-state index contributed by atoms with van der Waals surface area (Å²) >= 11 is 1.30. The van der Waals surface area contributed by atoms with E-state index in [0.717, 1.165) is 28.0 Å². The number of nitrogens with one attached hydrogen (secondary N) is 1. The maximum Gasteiger partial charge on any atom is 0.189 e. The van der Waals surface area contributed by atoms with Crippen molar-refractivity contribution in [3.8, 4) is 17.3 Å². The van der Waals surface area contributed by atoms with Crippen molar-refractivity contribution >= 4 is 28.4 Å². The van der Waals surface area contributed by atoms with Gasteiger partial charge in [0.2, 0.25) is 0 Å². The van der Waals surface area contributed by atoms with Gasteiger partial charge in [0.25, 0.3) is 0 Å². The third kappa shape index (κ3) is 4.04. The number of fused-ring (bicyclic) bond motifs is 1. The zero-order valence-electron chi connectivity index (χ0n) is 16.5. The number of imidazole rings is 1. The molecule has 2 aromatic heterocycles. The second-order valence-electron chi connectivity index (χ2n) is 6.78. The molecule has 2 aromatic carbocycles. The fraction of sp³-hybridized carbons (Fsp3) is 0.130. The number of nitriles is 1. The summed E-state index contributed by atoms with van der Waals surface area (Å²) in [6.45, 7) is 3.72. The minimum absolute atomic E-state index is 0.0621. The van der Waals surface area contributed by atoms with E-state index >= 15 is 0 Å². The van der Waals surface area contributed by atoms with Gasteiger partial charge >= 0.3 is 0 Å². The maximum absolute atomic E-state index is 10.8. The number of allylic oxidation sites excluding steroid dienone is 1. The fourth-order valence-electron chi connectivity index (χ4n) is 3.07. The number of para-hydroxylation sites is 2. The molecule has 0 aliphatic carbocycles. The molecule has 30 heavy (non-hydrogen) atoms. The van der Waals surface area contributed by atoms with Crippen LogP contribution in [0.15, 0.2) is 71.6 Å². The van der Waals surface area contributed by atoms with E-state index in [0.29, 0.717) is 11.0 Å². The molecule has 4 rings (SSSR count). The second-order valence-corrected chi connectivity index (χ2v) is 8.09. The Kier molecular flexibility index (Phi) is 5.50. The first kappa shape index (κ1) is 19.7. The standard InChI is InChI=1S/C23H19N5OS/c1-14-12-20(16-8-4-3-5-9-16)28-23(25-14)30-15(2)21(29)17(13-24)22-26-18-10-6-7-11-19(18)27-22/h3-12,15,29H,1-2H3,(H,26,27)/b21-17-/t15-/m0/s1. The zero-order valence-corrected chi connectivity index (χ0v) is 17.3. The Balaban J connectivity index is 1.64. The van der Waals surface area contributed by atoms with Crippen molar-refractivity contribution in [1.29, 1.82) is 5.26 Å². The van der Waals surface area contributed by atoms with Crippen molar-refractivity contribution < 1.29 is 5.11 Å². The van der Waals surface area contributed by atoms with Crippen LogP contribution in [0.1, 0.15) is 18.4 Å². The van der Waals surface area contributed by atoms with Crippen molar-refractivity contribution in [2.24, 2.45) is 0 Å². The van der Waals surface area contributed by atoms with E-state index in [9.17, 15) is 10.4 Å². The summed E-state index contributed by atoms with van der Waals surface area (Å²) in [4.78, 5) is 16.6. The van der Waals surface area contributed by atoms with Gasteiger partial charge in [-0.15, -0.1) is 0 Å². The predicted molar refractivity (Wildman–Crippen MR) is 119 cm³/mol. The summed E-state index contributed by atoms with van der Waals surface area (Å²) < 4.78 is 0. The minimum atomic E-state index is -0.432. The van der Waals surface area contributed by atoms with Crippen molar-refractivity contribution in [1.82, 2.24) is 19.9 Å². The quantitative estimate of drug-likeness (QED) is 0.199. The van der Waals surface area contributed by atoms with Crippen molar-refractivity contribution in [2.45, 2.75) is 24.3 Å². The van der Waals surface area contributed by atoms with E-state index in [2.05, 4.69) is 26.0 Å². The van der Waals surface area contributed by atoms with Crippen LogP contribution < -0.4 is 0 Å². The Morgan fingerprint density at radius 1 is 1.07 bits per heavy atom. The topological polar surface area (TPSA) is 98.5 Å². The number of aromatic nitrogens is 4. The molecule has 0 aliphatic rings. The molecule has 1 atom stereocenters. The van der Waals surface area contributed by atoms with Crippen LogP contribution in [0.2, 0.25) is 0 Å².